The highest BCUT2D eigenvalue weighted by molar-refractivity contribution is 5.43. The van der Waals surface area contributed by atoms with E-state index in [4.69, 9.17) is 0 Å². The van der Waals surface area contributed by atoms with Crippen molar-refractivity contribution in [3.8, 4) is 11.8 Å². The van der Waals surface area contributed by atoms with Crippen molar-refractivity contribution in [2.75, 3.05) is 0 Å². The van der Waals surface area contributed by atoms with Crippen LogP contribution >= 0.6 is 0 Å². The molecule has 2 aromatic rings. The minimum Gasteiger partial charge on any atom is -0.204 e. The van der Waals surface area contributed by atoms with Gasteiger partial charge in [-0.25, -0.2) is 13.2 Å². The minimum atomic E-state index is -1.48. The van der Waals surface area contributed by atoms with Crippen molar-refractivity contribution in [3.63, 3.8) is 0 Å². The third-order valence-electron chi connectivity index (χ3n) is 3.41. The second-order valence-electron chi connectivity index (χ2n) is 5.24. The van der Waals surface area contributed by atoms with E-state index in [1.165, 1.54) is 5.56 Å². The largest absolute Gasteiger partial charge is 0.204 e. The molecule has 0 heterocycles. The van der Waals surface area contributed by atoms with Crippen LogP contribution < -0.4 is 0 Å². The van der Waals surface area contributed by atoms with Gasteiger partial charge in [0.1, 0.15) is 0 Å². The summed E-state index contributed by atoms with van der Waals surface area (Å²) in [5.41, 5.74) is 2.07. The second kappa shape index (κ2) is 8.24. The zero-order valence-corrected chi connectivity index (χ0v) is 12.7. The molecule has 2 aromatic carbocycles. The molecule has 3 heteroatoms. The molecule has 0 aliphatic heterocycles. The van der Waals surface area contributed by atoms with Crippen molar-refractivity contribution >= 4 is 0 Å². The van der Waals surface area contributed by atoms with E-state index in [-0.39, 0.29) is 5.56 Å². The number of allylic oxidation sites excluding steroid dienone is 1. The van der Waals surface area contributed by atoms with Gasteiger partial charge >= 0.3 is 0 Å². The zero-order chi connectivity index (χ0) is 16.7. The summed E-state index contributed by atoms with van der Waals surface area (Å²) in [6.07, 6.45) is 6.15. The van der Waals surface area contributed by atoms with Gasteiger partial charge in [0.15, 0.2) is 17.5 Å². The summed E-state index contributed by atoms with van der Waals surface area (Å²) in [5.74, 6) is 1.52. The van der Waals surface area contributed by atoms with Crippen LogP contribution in [0.15, 0.2) is 49.1 Å². The fourth-order valence-electron chi connectivity index (χ4n) is 2.14. The van der Waals surface area contributed by atoms with Gasteiger partial charge in [-0.15, -0.1) is 6.58 Å². The molecule has 0 atom stereocenters. The van der Waals surface area contributed by atoms with Gasteiger partial charge in [0.05, 0.1) is 0 Å². The summed E-state index contributed by atoms with van der Waals surface area (Å²) in [6.45, 7) is 3.69. The first-order chi connectivity index (χ1) is 11.1. The average Bonchev–Trinajstić information content (AvgIpc) is 2.55. The van der Waals surface area contributed by atoms with E-state index >= 15 is 0 Å². The Balaban J connectivity index is 2.03. The van der Waals surface area contributed by atoms with Gasteiger partial charge in [0.2, 0.25) is 0 Å². The average molecular weight is 314 g/mol. The number of unbranched alkanes of at least 4 members (excludes halogenated alkanes) is 2. The van der Waals surface area contributed by atoms with E-state index < -0.39 is 17.5 Å². The Morgan fingerprint density at radius 3 is 2.09 bits per heavy atom. The first-order valence-corrected chi connectivity index (χ1v) is 7.46. The predicted molar refractivity (Wildman–Crippen MR) is 86.5 cm³/mol. The highest BCUT2D eigenvalue weighted by Crippen LogP contribution is 2.13. The highest BCUT2D eigenvalue weighted by atomic mass is 19.2. The zero-order valence-electron chi connectivity index (χ0n) is 12.7. The van der Waals surface area contributed by atoms with Crippen LogP contribution in [0.25, 0.3) is 0 Å². The van der Waals surface area contributed by atoms with Crippen LogP contribution in [0.2, 0.25) is 0 Å². The molecule has 0 radical (unpaired) electrons. The molecule has 118 valence electrons. The summed E-state index contributed by atoms with van der Waals surface area (Å²) in [7, 11) is 0. The monoisotopic (exact) mass is 314 g/mol. The Morgan fingerprint density at radius 2 is 1.48 bits per heavy atom. The molecule has 0 saturated carbocycles. The predicted octanol–water partition coefficient (Wildman–Crippen LogP) is 5.40. The minimum absolute atomic E-state index is 0.106. The summed E-state index contributed by atoms with van der Waals surface area (Å²) in [4.78, 5) is 0. The summed E-state index contributed by atoms with van der Waals surface area (Å²) in [5, 5.41) is 0. The molecule has 0 aromatic heterocycles. The van der Waals surface area contributed by atoms with E-state index in [9.17, 15) is 13.2 Å². The van der Waals surface area contributed by atoms with Crippen LogP contribution in [0, 0.1) is 29.3 Å². The lowest BCUT2D eigenvalue weighted by molar-refractivity contribution is 0.446. The Hall–Kier alpha value is -2.47. The van der Waals surface area contributed by atoms with Gasteiger partial charge < -0.3 is 0 Å². The molecule has 0 nitrogen and oxygen atoms in total. The number of aryl methyl sites for hydroxylation is 1. The van der Waals surface area contributed by atoms with Crippen molar-refractivity contribution in [2.45, 2.75) is 25.7 Å². The number of rotatable bonds is 5. The number of hydrogen-bond acceptors (Lipinski definition) is 0. The maximum atomic E-state index is 13.1. The third kappa shape index (κ3) is 5.03. The standard InChI is InChI=1S/C20H17F3/c1-2-3-4-5-6-15-7-9-16(10-8-15)11-12-17-13-18(21)20(23)19(22)14-17/h2,7-10,13-14H,1,3-6H2. The fraction of sp³-hybridized carbons (Fsp3) is 0.200. The second-order valence-corrected chi connectivity index (χ2v) is 5.24. The van der Waals surface area contributed by atoms with Gasteiger partial charge in [-0.05, 0) is 55.5 Å². The molecule has 0 bridgehead atoms. The van der Waals surface area contributed by atoms with Crippen molar-refractivity contribution in [3.05, 3.63) is 83.2 Å². The summed E-state index contributed by atoms with van der Waals surface area (Å²) in [6, 6.07) is 9.49. The molecular formula is C20H17F3. The van der Waals surface area contributed by atoms with Gasteiger partial charge in [0.25, 0.3) is 0 Å². The lowest BCUT2D eigenvalue weighted by Gasteiger charge is -2.00. The van der Waals surface area contributed by atoms with Crippen molar-refractivity contribution < 1.29 is 13.2 Å². The molecule has 0 spiro atoms. The van der Waals surface area contributed by atoms with Crippen LogP contribution in [0.4, 0.5) is 13.2 Å². The Morgan fingerprint density at radius 1 is 0.870 bits per heavy atom. The van der Waals surface area contributed by atoms with Crippen LogP contribution in [0.3, 0.4) is 0 Å². The lowest BCUT2D eigenvalue weighted by atomic mass is 10.1. The number of halogens is 3. The van der Waals surface area contributed by atoms with Crippen LogP contribution in [-0.4, -0.2) is 0 Å². The van der Waals surface area contributed by atoms with E-state index in [2.05, 4.69) is 18.4 Å². The van der Waals surface area contributed by atoms with E-state index in [1.807, 2.05) is 30.3 Å². The topological polar surface area (TPSA) is 0 Å². The van der Waals surface area contributed by atoms with Crippen LogP contribution in [0.1, 0.15) is 36.0 Å². The molecular weight excluding hydrogens is 297 g/mol. The van der Waals surface area contributed by atoms with Crippen molar-refractivity contribution in [2.24, 2.45) is 0 Å². The normalized spacial score (nSPS) is 10.0. The quantitative estimate of drug-likeness (QED) is 0.300. The van der Waals surface area contributed by atoms with Crippen molar-refractivity contribution in [1.82, 2.24) is 0 Å². The first-order valence-electron chi connectivity index (χ1n) is 7.46. The molecule has 0 fully saturated rings. The molecule has 2 rings (SSSR count). The van der Waals surface area contributed by atoms with Gasteiger partial charge in [-0.3, -0.25) is 0 Å². The highest BCUT2D eigenvalue weighted by Gasteiger charge is 2.09. The number of benzene rings is 2. The first kappa shape index (κ1) is 16.9. The fourth-order valence-corrected chi connectivity index (χ4v) is 2.14. The molecule has 0 unspecified atom stereocenters. The molecule has 0 amide bonds. The molecule has 0 aliphatic carbocycles. The van der Waals surface area contributed by atoms with E-state index in [0.29, 0.717) is 0 Å². The Kier molecular flexibility index (Phi) is 6.05. The van der Waals surface area contributed by atoms with Crippen LogP contribution in [0.5, 0.6) is 0 Å². The lowest BCUT2D eigenvalue weighted by Crippen LogP contribution is -1.91. The maximum Gasteiger partial charge on any atom is 0.194 e. The molecule has 0 aliphatic rings. The molecule has 0 N–H and O–H groups in total. The Labute approximate surface area is 134 Å². The van der Waals surface area contributed by atoms with Crippen molar-refractivity contribution in [1.29, 1.82) is 0 Å². The van der Waals surface area contributed by atoms with Crippen LogP contribution in [-0.2, 0) is 6.42 Å². The SMILES string of the molecule is C=CCCCCc1ccc(C#Cc2cc(F)c(F)c(F)c2)cc1. The van der Waals surface area contributed by atoms with E-state index in [0.717, 1.165) is 43.4 Å². The van der Waals surface area contributed by atoms with Gasteiger partial charge in [0, 0.05) is 11.1 Å². The molecule has 0 saturated heterocycles. The summed E-state index contributed by atoms with van der Waals surface area (Å²) < 4.78 is 39.1. The van der Waals surface area contributed by atoms with E-state index in [1.54, 1.807) is 0 Å². The molecule has 23 heavy (non-hydrogen) atoms. The third-order valence-corrected chi connectivity index (χ3v) is 3.41. The number of hydrogen-bond donors (Lipinski definition) is 0. The Bertz CT molecular complexity index is 711. The smallest absolute Gasteiger partial charge is 0.194 e. The summed E-state index contributed by atoms with van der Waals surface area (Å²) >= 11 is 0. The van der Waals surface area contributed by atoms with Gasteiger partial charge in [-0.2, -0.15) is 0 Å². The maximum absolute atomic E-state index is 13.1. The van der Waals surface area contributed by atoms with Gasteiger partial charge in [-0.1, -0.05) is 30.0 Å².